The first-order valence-electron chi connectivity index (χ1n) is 6.42. The van der Waals surface area contributed by atoms with Gasteiger partial charge in [0.1, 0.15) is 0 Å². The average molecular weight is 300 g/mol. The van der Waals surface area contributed by atoms with E-state index in [0.717, 1.165) is 22.3 Å². The van der Waals surface area contributed by atoms with Gasteiger partial charge in [0.05, 0.1) is 16.9 Å². The Morgan fingerprint density at radius 1 is 1.00 bits per heavy atom. The van der Waals surface area contributed by atoms with E-state index in [4.69, 9.17) is 5.14 Å². The van der Waals surface area contributed by atoms with Gasteiger partial charge in [0.2, 0.25) is 10.0 Å². The molecule has 4 nitrogen and oxygen atoms in total. The molecule has 0 aliphatic heterocycles. The number of hydrogen-bond acceptors (Lipinski definition) is 3. The van der Waals surface area contributed by atoms with E-state index in [0.29, 0.717) is 0 Å². The molecule has 0 saturated carbocycles. The molecule has 0 heterocycles. The van der Waals surface area contributed by atoms with Crippen molar-refractivity contribution in [3.8, 4) is 6.07 Å². The molecule has 0 saturated heterocycles. The average Bonchev–Trinajstić information content (AvgIpc) is 2.38. The van der Waals surface area contributed by atoms with Gasteiger partial charge in [-0.1, -0.05) is 41.5 Å². The molecular weight excluding hydrogens is 284 g/mol. The molecule has 0 aliphatic carbocycles. The highest BCUT2D eigenvalue weighted by atomic mass is 32.2. The third kappa shape index (κ3) is 3.48. The molecule has 21 heavy (non-hydrogen) atoms. The van der Waals surface area contributed by atoms with E-state index in [9.17, 15) is 13.7 Å². The molecule has 0 radical (unpaired) electrons. The van der Waals surface area contributed by atoms with Crippen LogP contribution in [0.15, 0.2) is 47.4 Å². The van der Waals surface area contributed by atoms with Gasteiger partial charge in [-0.25, -0.2) is 13.6 Å². The number of nitriles is 1. The number of nitrogens with zero attached hydrogens (tertiary/aromatic N) is 1. The van der Waals surface area contributed by atoms with Gasteiger partial charge in [0, 0.05) is 0 Å². The molecule has 2 aromatic rings. The molecule has 0 spiro atoms. The standard InChI is InChI=1S/C16H16N2O2S/c1-11-7-12(2)9-14(8-11)16(10-17)13-3-5-15(6-4-13)21(18,19)20/h3-9,16H,1-2H3,(H2,18,19,20). The summed E-state index contributed by atoms with van der Waals surface area (Å²) in [5.74, 6) is -0.432. The fourth-order valence-electron chi connectivity index (χ4n) is 2.37. The molecule has 0 aliphatic rings. The third-order valence-electron chi connectivity index (χ3n) is 3.25. The van der Waals surface area contributed by atoms with Gasteiger partial charge < -0.3 is 0 Å². The summed E-state index contributed by atoms with van der Waals surface area (Å²) in [6.45, 7) is 3.96. The number of sulfonamides is 1. The first-order valence-corrected chi connectivity index (χ1v) is 7.96. The van der Waals surface area contributed by atoms with Crippen LogP contribution in [0.5, 0.6) is 0 Å². The van der Waals surface area contributed by atoms with Crippen molar-refractivity contribution in [2.75, 3.05) is 0 Å². The van der Waals surface area contributed by atoms with Gasteiger partial charge in [-0.05, 0) is 37.1 Å². The van der Waals surface area contributed by atoms with Crippen LogP contribution in [0.4, 0.5) is 0 Å². The lowest BCUT2D eigenvalue weighted by Gasteiger charge is -2.12. The van der Waals surface area contributed by atoms with E-state index in [1.54, 1.807) is 12.1 Å². The van der Waals surface area contributed by atoms with Gasteiger partial charge in [0.15, 0.2) is 0 Å². The Bertz CT molecular complexity index is 783. The van der Waals surface area contributed by atoms with Crippen LogP contribution in [0.3, 0.4) is 0 Å². The second-order valence-electron chi connectivity index (χ2n) is 5.10. The predicted octanol–water partition coefficient (Wildman–Crippen LogP) is 2.61. The highest BCUT2D eigenvalue weighted by molar-refractivity contribution is 7.89. The molecule has 5 heteroatoms. The molecule has 2 aromatic carbocycles. The fourth-order valence-corrected chi connectivity index (χ4v) is 2.88. The van der Waals surface area contributed by atoms with Crippen molar-refractivity contribution in [1.29, 1.82) is 5.26 Å². The van der Waals surface area contributed by atoms with E-state index < -0.39 is 15.9 Å². The highest BCUT2D eigenvalue weighted by Gasteiger charge is 2.15. The van der Waals surface area contributed by atoms with Crippen LogP contribution in [-0.2, 0) is 10.0 Å². The smallest absolute Gasteiger partial charge is 0.225 e. The van der Waals surface area contributed by atoms with E-state index >= 15 is 0 Å². The summed E-state index contributed by atoms with van der Waals surface area (Å²) in [7, 11) is -3.71. The fraction of sp³-hybridized carbons (Fsp3) is 0.188. The highest BCUT2D eigenvalue weighted by Crippen LogP contribution is 2.26. The monoisotopic (exact) mass is 300 g/mol. The third-order valence-corrected chi connectivity index (χ3v) is 4.18. The van der Waals surface area contributed by atoms with Crippen molar-refractivity contribution in [3.05, 3.63) is 64.7 Å². The molecule has 0 bridgehead atoms. The van der Waals surface area contributed by atoms with Gasteiger partial charge in [-0.15, -0.1) is 0 Å². The Labute approximate surface area is 124 Å². The maximum absolute atomic E-state index is 11.3. The van der Waals surface area contributed by atoms with Crippen LogP contribution >= 0.6 is 0 Å². The molecule has 1 atom stereocenters. The first-order chi connectivity index (χ1) is 9.81. The Balaban J connectivity index is 2.45. The van der Waals surface area contributed by atoms with Crippen molar-refractivity contribution in [2.45, 2.75) is 24.7 Å². The SMILES string of the molecule is Cc1cc(C)cc(C(C#N)c2ccc(S(N)(=O)=O)cc2)c1. The topological polar surface area (TPSA) is 83.9 Å². The lowest BCUT2D eigenvalue weighted by molar-refractivity contribution is 0.598. The van der Waals surface area contributed by atoms with E-state index in [1.165, 1.54) is 12.1 Å². The number of nitrogens with two attached hydrogens (primary N) is 1. The van der Waals surface area contributed by atoms with Gasteiger partial charge in [0.25, 0.3) is 0 Å². The summed E-state index contributed by atoms with van der Waals surface area (Å²) in [5, 5.41) is 14.5. The normalized spacial score (nSPS) is 12.7. The van der Waals surface area contributed by atoms with Crippen molar-refractivity contribution >= 4 is 10.0 Å². The lowest BCUT2D eigenvalue weighted by atomic mass is 9.90. The summed E-state index contributed by atoms with van der Waals surface area (Å²) < 4.78 is 22.5. The molecule has 1 unspecified atom stereocenters. The maximum Gasteiger partial charge on any atom is 0.238 e. The minimum atomic E-state index is -3.71. The summed E-state index contributed by atoms with van der Waals surface area (Å²) >= 11 is 0. The number of hydrogen-bond donors (Lipinski definition) is 1. The second kappa shape index (κ2) is 5.68. The Morgan fingerprint density at radius 3 is 1.95 bits per heavy atom. The number of rotatable bonds is 3. The number of aryl methyl sites for hydroxylation is 2. The quantitative estimate of drug-likeness (QED) is 0.945. The zero-order chi connectivity index (χ0) is 15.6. The summed E-state index contributed by atoms with van der Waals surface area (Å²) in [4.78, 5) is 0.0448. The number of benzene rings is 2. The van der Waals surface area contributed by atoms with E-state index in [1.807, 2.05) is 32.0 Å². The van der Waals surface area contributed by atoms with E-state index in [-0.39, 0.29) is 4.90 Å². The summed E-state index contributed by atoms with van der Waals surface area (Å²) in [6.07, 6.45) is 0. The largest absolute Gasteiger partial charge is 0.238 e. The van der Waals surface area contributed by atoms with Crippen molar-refractivity contribution in [1.82, 2.24) is 0 Å². The molecule has 2 rings (SSSR count). The minimum Gasteiger partial charge on any atom is -0.225 e. The van der Waals surface area contributed by atoms with Crippen molar-refractivity contribution in [2.24, 2.45) is 5.14 Å². The molecule has 0 aromatic heterocycles. The Morgan fingerprint density at radius 2 is 1.52 bits per heavy atom. The van der Waals surface area contributed by atoms with Crippen LogP contribution in [0.25, 0.3) is 0 Å². The van der Waals surface area contributed by atoms with Crippen LogP contribution in [0.2, 0.25) is 0 Å². The zero-order valence-corrected chi connectivity index (χ0v) is 12.7. The van der Waals surface area contributed by atoms with E-state index in [2.05, 4.69) is 6.07 Å². The summed E-state index contributed by atoms with van der Waals surface area (Å²) in [5.41, 5.74) is 3.83. The maximum atomic E-state index is 11.3. The van der Waals surface area contributed by atoms with Crippen molar-refractivity contribution in [3.63, 3.8) is 0 Å². The zero-order valence-electron chi connectivity index (χ0n) is 11.9. The van der Waals surface area contributed by atoms with Crippen LogP contribution in [-0.4, -0.2) is 8.42 Å². The summed E-state index contributed by atoms with van der Waals surface area (Å²) in [6, 6.07) is 14.4. The minimum absolute atomic E-state index is 0.0448. The Kier molecular flexibility index (Phi) is 4.12. The molecule has 0 fully saturated rings. The van der Waals surface area contributed by atoms with Crippen LogP contribution < -0.4 is 5.14 Å². The van der Waals surface area contributed by atoms with Crippen LogP contribution in [0, 0.1) is 25.2 Å². The Hall–Kier alpha value is -2.16. The lowest BCUT2D eigenvalue weighted by Crippen LogP contribution is -2.12. The van der Waals surface area contributed by atoms with Crippen molar-refractivity contribution < 1.29 is 8.42 Å². The second-order valence-corrected chi connectivity index (χ2v) is 6.66. The van der Waals surface area contributed by atoms with Crippen LogP contribution in [0.1, 0.15) is 28.2 Å². The first kappa shape index (κ1) is 15.2. The number of primary sulfonamides is 1. The molecular formula is C16H16N2O2S. The molecule has 0 amide bonds. The molecule has 2 N–H and O–H groups in total. The van der Waals surface area contributed by atoms with Gasteiger partial charge in [-0.3, -0.25) is 0 Å². The van der Waals surface area contributed by atoms with Gasteiger partial charge >= 0.3 is 0 Å². The van der Waals surface area contributed by atoms with Gasteiger partial charge in [-0.2, -0.15) is 5.26 Å². The molecule has 108 valence electrons. The predicted molar refractivity (Wildman–Crippen MR) is 81.2 cm³/mol.